The van der Waals surface area contributed by atoms with Gasteiger partial charge in [-0.2, -0.15) is 0 Å². The summed E-state index contributed by atoms with van der Waals surface area (Å²) in [7, 11) is 0. The van der Waals surface area contributed by atoms with Gasteiger partial charge in [-0.15, -0.1) is 0 Å². The molecule has 1 N–H and O–H groups in total. The Hall–Kier alpha value is -2.13. The van der Waals surface area contributed by atoms with E-state index in [0.717, 1.165) is 22.0 Å². The second-order valence-electron chi connectivity index (χ2n) is 3.92. The topological polar surface area (TPSA) is 46.3 Å². The zero-order chi connectivity index (χ0) is 11.7. The van der Waals surface area contributed by atoms with Crippen LogP contribution in [-0.2, 0) is 0 Å². The lowest BCUT2D eigenvalue weighted by Gasteiger charge is -2.09. The van der Waals surface area contributed by atoms with Crippen molar-refractivity contribution in [1.29, 1.82) is 0 Å². The Morgan fingerprint density at radius 1 is 1.12 bits per heavy atom. The van der Waals surface area contributed by atoms with Gasteiger partial charge in [0.25, 0.3) is 0 Å². The number of nitrogens with zero attached hydrogens (tertiary/aromatic N) is 1. The molecule has 0 saturated carbocycles. The lowest BCUT2D eigenvalue weighted by atomic mass is 10.0. The second kappa shape index (κ2) is 4.03. The summed E-state index contributed by atoms with van der Waals surface area (Å²) in [6.45, 7) is 0. The van der Waals surface area contributed by atoms with Crippen LogP contribution in [0.5, 0.6) is 0 Å². The minimum absolute atomic E-state index is 0.689. The highest BCUT2D eigenvalue weighted by molar-refractivity contribution is 5.78. The van der Waals surface area contributed by atoms with E-state index in [0.29, 0.717) is 0 Å². The van der Waals surface area contributed by atoms with Crippen molar-refractivity contribution in [3.05, 3.63) is 66.2 Å². The molecule has 17 heavy (non-hydrogen) atoms. The maximum absolute atomic E-state index is 10.1. The fourth-order valence-corrected chi connectivity index (χ4v) is 1.86. The maximum Gasteiger partial charge on any atom is 0.109 e. The normalized spacial score (nSPS) is 12.8. The van der Waals surface area contributed by atoms with Crippen LogP contribution in [0.1, 0.15) is 17.2 Å². The van der Waals surface area contributed by atoms with Crippen molar-refractivity contribution in [3.63, 3.8) is 0 Å². The Balaban J connectivity index is 2.06. The molecule has 84 valence electrons. The molecule has 0 aliphatic rings. The number of hydrogen-bond acceptors (Lipinski definition) is 3. The molecule has 0 aliphatic heterocycles. The zero-order valence-electron chi connectivity index (χ0n) is 9.08. The lowest BCUT2D eigenvalue weighted by molar-refractivity contribution is 0.219. The molecule has 1 aromatic carbocycles. The van der Waals surface area contributed by atoms with Crippen molar-refractivity contribution in [2.24, 2.45) is 0 Å². The maximum atomic E-state index is 10.1. The van der Waals surface area contributed by atoms with Gasteiger partial charge in [0.1, 0.15) is 6.10 Å². The fourth-order valence-electron chi connectivity index (χ4n) is 1.86. The van der Waals surface area contributed by atoms with Crippen LogP contribution in [0.3, 0.4) is 0 Å². The standard InChI is InChI=1S/C14H11NO2/c16-14(11-5-6-17-9-11)12-7-10-3-1-2-4-13(10)15-8-12/h1-9,14,16H. The lowest BCUT2D eigenvalue weighted by Crippen LogP contribution is -1.98. The van der Waals surface area contributed by atoms with Gasteiger partial charge in [-0.25, -0.2) is 0 Å². The summed E-state index contributed by atoms with van der Waals surface area (Å²) >= 11 is 0. The highest BCUT2D eigenvalue weighted by Gasteiger charge is 2.12. The van der Waals surface area contributed by atoms with E-state index in [1.807, 2.05) is 30.3 Å². The van der Waals surface area contributed by atoms with Crippen LogP contribution in [0.15, 0.2) is 59.5 Å². The van der Waals surface area contributed by atoms with Gasteiger partial charge in [-0.1, -0.05) is 18.2 Å². The number of aliphatic hydroxyl groups excluding tert-OH is 1. The van der Waals surface area contributed by atoms with Gasteiger partial charge in [0.05, 0.1) is 18.0 Å². The quantitative estimate of drug-likeness (QED) is 0.729. The summed E-state index contributed by atoms with van der Waals surface area (Å²) < 4.78 is 4.96. The molecule has 1 atom stereocenters. The zero-order valence-corrected chi connectivity index (χ0v) is 9.08. The van der Waals surface area contributed by atoms with Gasteiger partial charge in [-0.05, 0) is 18.2 Å². The van der Waals surface area contributed by atoms with Crippen LogP contribution in [0.2, 0.25) is 0 Å². The average Bonchev–Trinajstić information content (AvgIpc) is 2.91. The number of aromatic nitrogens is 1. The van der Waals surface area contributed by atoms with Crippen LogP contribution < -0.4 is 0 Å². The molecule has 0 spiro atoms. The van der Waals surface area contributed by atoms with Crippen molar-refractivity contribution >= 4 is 10.9 Å². The number of benzene rings is 1. The summed E-state index contributed by atoms with van der Waals surface area (Å²) in [6, 6.07) is 11.5. The Bertz CT molecular complexity index is 632. The van der Waals surface area contributed by atoms with E-state index in [1.54, 1.807) is 24.8 Å². The molecule has 3 rings (SSSR count). The van der Waals surface area contributed by atoms with Crippen molar-refractivity contribution in [2.45, 2.75) is 6.10 Å². The number of pyridine rings is 1. The summed E-state index contributed by atoms with van der Waals surface area (Å²) in [6.07, 6.45) is 4.10. The molecule has 2 heterocycles. The van der Waals surface area contributed by atoms with E-state index in [9.17, 15) is 5.11 Å². The van der Waals surface area contributed by atoms with Crippen molar-refractivity contribution < 1.29 is 9.52 Å². The van der Waals surface area contributed by atoms with Gasteiger partial charge in [0.2, 0.25) is 0 Å². The summed E-state index contributed by atoms with van der Waals surface area (Å²) in [5.41, 5.74) is 2.43. The first kappa shape index (κ1) is 10.1. The third-order valence-electron chi connectivity index (χ3n) is 2.79. The number of fused-ring (bicyclic) bond motifs is 1. The Morgan fingerprint density at radius 2 is 2.00 bits per heavy atom. The molecular weight excluding hydrogens is 214 g/mol. The minimum Gasteiger partial charge on any atom is -0.472 e. The van der Waals surface area contributed by atoms with Crippen LogP contribution in [0, 0.1) is 0 Å². The van der Waals surface area contributed by atoms with Crippen molar-refractivity contribution in [2.75, 3.05) is 0 Å². The number of aliphatic hydroxyl groups is 1. The molecule has 0 saturated heterocycles. The first-order chi connectivity index (χ1) is 8.34. The average molecular weight is 225 g/mol. The number of furan rings is 1. The van der Waals surface area contributed by atoms with Gasteiger partial charge in [-0.3, -0.25) is 4.98 Å². The summed E-state index contributed by atoms with van der Waals surface area (Å²) in [5, 5.41) is 11.2. The first-order valence-corrected chi connectivity index (χ1v) is 5.39. The number of rotatable bonds is 2. The Labute approximate surface area is 98.3 Å². The monoisotopic (exact) mass is 225 g/mol. The van der Waals surface area contributed by atoms with Crippen molar-refractivity contribution in [1.82, 2.24) is 4.98 Å². The molecule has 0 fully saturated rings. The van der Waals surface area contributed by atoms with Crippen LogP contribution in [0.25, 0.3) is 10.9 Å². The molecule has 2 aromatic heterocycles. The highest BCUT2D eigenvalue weighted by Crippen LogP contribution is 2.24. The molecule has 0 aliphatic carbocycles. The molecule has 3 heteroatoms. The fraction of sp³-hybridized carbons (Fsp3) is 0.0714. The number of para-hydroxylation sites is 1. The summed E-state index contributed by atoms with van der Waals surface area (Å²) in [5.74, 6) is 0. The molecule has 1 unspecified atom stereocenters. The Kier molecular flexibility index (Phi) is 2.38. The van der Waals surface area contributed by atoms with E-state index in [4.69, 9.17) is 4.42 Å². The number of hydrogen-bond donors (Lipinski definition) is 1. The van der Waals surface area contributed by atoms with Gasteiger partial charge < -0.3 is 9.52 Å². The van der Waals surface area contributed by atoms with Crippen molar-refractivity contribution in [3.8, 4) is 0 Å². The van der Waals surface area contributed by atoms with Gasteiger partial charge in [0.15, 0.2) is 0 Å². The molecule has 0 radical (unpaired) electrons. The highest BCUT2D eigenvalue weighted by atomic mass is 16.3. The first-order valence-electron chi connectivity index (χ1n) is 5.39. The second-order valence-corrected chi connectivity index (χ2v) is 3.92. The van der Waals surface area contributed by atoms with E-state index in [1.165, 1.54) is 0 Å². The minimum atomic E-state index is -0.689. The molecule has 0 amide bonds. The van der Waals surface area contributed by atoms with E-state index in [2.05, 4.69) is 4.98 Å². The van der Waals surface area contributed by atoms with E-state index < -0.39 is 6.10 Å². The summed E-state index contributed by atoms with van der Waals surface area (Å²) in [4.78, 5) is 4.32. The van der Waals surface area contributed by atoms with Crippen LogP contribution in [-0.4, -0.2) is 10.1 Å². The van der Waals surface area contributed by atoms with Gasteiger partial charge in [0, 0.05) is 22.7 Å². The van der Waals surface area contributed by atoms with E-state index >= 15 is 0 Å². The Morgan fingerprint density at radius 3 is 2.82 bits per heavy atom. The van der Waals surface area contributed by atoms with E-state index in [-0.39, 0.29) is 0 Å². The largest absolute Gasteiger partial charge is 0.472 e. The SMILES string of the molecule is OC(c1ccoc1)c1cnc2ccccc2c1. The third kappa shape index (κ3) is 1.81. The molecular formula is C14H11NO2. The third-order valence-corrected chi connectivity index (χ3v) is 2.79. The van der Waals surface area contributed by atoms with Crippen LogP contribution >= 0.6 is 0 Å². The molecule has 3 nitrogen and oxygen atoms in total. The predicted molar refractivity (Wildman–Crippen MR) is 64.5 cm³/mol. The molecule has 3 aromatic rings. The predicted octanol–water partition coefficient (Wildman–Crippen LogP) is 2.91. The smallest absolute Gasteiger partial charge is 0.109 e. The molecule has 0 bridgehead atoms. The van der Waals surface area contributed by atoms with Gasteiger partial charge >= 0.3 is 0 Å². The van der Waals surface area contributed by atoms with Crippen LogP contribution in [0.4, 0.5) is 0 Å².